The maximum absolute atomic E-state index is 13.4. The normalized spacial score (nSPS) is 10.1. The van der Waals surface area contributed by atoms with Gasteiger partial charge in [0.15, 0.2) is 6.61 Å². The molecule has 2 aromatic rings. The van der Waals surface area contributed by atoms with E-state index >= 15 is 0 Å². The molecule has 0 spiro atoms. The van der Waals surface area contributed by atoms with Crippen LogP contribution in [-0.2, 0) is 9.53 Å². The molecule has 0 unspecified atom stereocenters. The molecule has 2 aromatic carbocycles. The summed E-state index contributed by atoms with van der Waals surface area (Å²) in [5.74, 6) is -2.00. The van der Waals surface area contributed by atoms with Gasteiger partial charge in [-0.15, -0.1) is 0 Å². The highest BCUT2D eigenvalue weighted by atomic mass is 19.1. The van der Waals surface area contributed by atoms with Crippen molar-refractivity contribution < 1.29 is 23.6 Å². The molecule has 2 rings (SSSR count). The molecule has 0 saturated heterocycles. The van der Waals surface area contributed by atoms with Crippen molar-refractivity contribution >= 4 is 23.3 Å². The third-order valence-electron chi connectivity index (χ3n) is 3.08. The number of carbonyl (C=O) groups is 2. The van der Waals surface area contributed by atoms with Crippen LogP contribution in [0.5, 0.6) is 0 Å². The highest BCUT2D eigenvalue weighted by Gasteiger charge is 2.14. The van der Waals surface area contributed by atoms with Crippen LogP contribution >= 0.6 is 0 Å². The van der Waals surface area contributed by atoms with Gasteiger partial charge in [0, 0.05) is 17.8 Å². The van der Waals surface area contributed by atoms with Crippen LogP contribution in [0.1, 0.15) is 15.9 Å². The van der Waals surface area contributed by atoms with E-state index in [1.807, 2.05) is 0 Å². The molecule has 0 fully saturated rings. The van der Waals surface area contributed by atoms with Gasteiger partial charge in [0.2, 0.25) is 0 Å². The number of nitro benzene ring substituents is 1. The van der Waals surface area contributed by atoms with Crippen LogP contribution in [-0.4, -0.2) is 23.4 Å². The van der Waals surface area contributed by atoms with Gasteiger partial charge in [-0.3, -0.25) is 14.9 Å². The Bertz CT molecular complexity index is 807. The molecular formula is C16H13FN2O5. The lowest BCUT2D eigenvalue weighted by molar-refractivity contribution is -0.384. The first-order valence-electron chi connectivity index (χ1n) is 6.84. The molecule has 0 aromatic heterocycles. The Kier molecular flexibility index (Phi) is 5.20. The smallest absolute Gasteiger partial charge is 0.338 e. The molecule has 124 valence electrons. The first-order valence-corrected chi connectivity index (χ1v) is 6.84. The van der Waals surface area contributed by atoms with Crippen LogP contribution < -0.4 is 5.32 Å². The fourth-order valence-electron chi connectivity index (χ4n) is 1.83. The molecule has 0 radical (unpaired) electrons. The van der Waals surface area contributed by atoms with E-state index in [2.05, 4.69) is 5.32 Å². The molecule has 24 heavy (non-hydrogen) atoms. The number of benzene rings is 2. The van der Waals surface area contributed by atoms with Crippen LogP contribution in [0.2, 0.25) is 0 Å². The Labute approximate surface area is 136 Å². The largest absolute Gasteiger partial charge is 0.452 e. The number of nitrogens with one attached hydrogen (secondary N) is 1. The van der Waals surface area contributed by atoms with E-state index in [4.69, 9.17) is 4.74 Å². The standard InChI is InChI=1S/C16H13FN2O5/c1-10-5-6-12(8-14(10)17)18-15(20)9-24-16(21)11-3-2-4-13(7-11)19(22)23/h2-8H,9H2,1H3,(H,18,20). The maximum Gasteiger partial charge on any atom is 0.338 e. The van der Waals surface area contributed by atoms with Gasteiger partial charge in [-0.1, -0.05) is 12.1 Å². The minimum atomic E-state index is -0.871. The van der Waals surface area contributed by atoms with E-state index in [0.29, 0.717) is 5.56 Å². The molecule has 1 amide bonds. The number of halogens is 1. The summed E-state index contributed by atoms with van der Waals surface area (Å²) in [5.41, 5.74) is 0.363. The average Bonchev–Trinajstić information content (AvgIpc) is 2.56. The lowest BCUT2D eigenvalue weighted by Crippen LogP contribution is -2.21. The molecule has 0 saturated carbocycles. The lowest BCUT2D eigenvalue weighted by atomic mass is 10.2. The van der Waals surface area contributed by atoms with Gasteiger partial charge in [0.1, 0.15) is 5.82 Å². The van der Waals surface area contributed by atoms with Crippen molar-refractivity contribution in [3.8, 4) is 0 Å². The van der Waals surface area contributed by atoms with Crippen LogP contribution in [0, 0.1) is 22.9 Å². The first kappa shape index (κ1) is 17.1. The average molecular weight is 332 g/mol. The second-order valence-corrected chi connectivity index (χ2v) is 4.90. The van der Waals surface area contributed by atoms with Crippen molar-refractivity contribution in [2.24, 2.45) is 0 Å². The predicted octanol–water partition coefficient (Wildman–Crippen LogP) is 2.84. The van der Waals surface area contributed by atoms with Gasteiger partial charge in [-0.25, -0.2) is 9.18 Å². The highest BCUT2D eigenvalue weighted by Crippen LogP contribution is 2.15. The molecule has 7 nitrogen and oxygen atoms in total. The molecule has 0 heterocycles. The highest BCUT2D eigenvalue weighted by molar-refractivity contribution is 5.95. The van der Waals surface area contributed by atoms with Gasteiger partial charge in [0.25, 0.3) is 11.6 Å². The Balaban J connectivity index is 1.93. The zero-order valence-corrected chi connectivity index (χ0v) is 12.6. The number of aryl methyl sites for hydroxylation is 1. The number of ether oxygens (including phenoxy) is 1. The minimum Gasteiger partial charge on any atom is -0.452 e. The number of nitro groups is 1. The van der Waals surface area contributed by atoms with Crippen LogP contribution in [0.3, 0.4) is 0 Å². The third-order valence-corrected chi connectivity index (χ3v) is 3.08. The predicted molar refractivity (Wildman–Crippen MR) is 83.1 cm³/mol. The van der Waals surface area contributed by atoms with Gasteiger partial charge in [-0.05, 0) is 30.7 Å². The van der Waals surface area contributed by atoms with E-state index in [0.717, 1.165) is 12.1 Å². The molecule has 0 aliphatic heterocycles. The van der Waals surface area contributed by atoms with Gasteiger partial charge < -0.3 is 10.1 Å². The maximum atomic E-state index is 13.4. The Morgan fingerprint density at radius 3 is 2.67 bits per heavy atom. The van der Waals surface area contributed by atoms with Crippen molar-refractivity contribution in [3.05, 3.63) is 69.5 Å². The van der Waals surface area contributed by atoms with Gasteiger partial charge in [-0.2, -0.15) is 0 Å². The van der Waals surface area contributed by atoms with Crippen molar-refractivity contribution in [2.75, 3.05) is 11.9 Å². The molecule has 0 bridgehead atoms. The summed E-state index contributed by atoms with van der Waals surface area (Å²) in [5, 5.41) is 13.0. The summed E-state index contributed by atoms with van der Waals surface area (Å²) in [6.07, 6.45) is 0. The number of rotatable bonds is 5. The minimum absolute atomic E-state index is 0.0432. The van der Waals surface area contributed by atoms with Crippen LogP contribution in [0.15, 0.2) is 42.5 Å². The number of carbonyl (C=O) groups excluding carboxylic acids is 2. The van der Waals surface area contributed by atoms with Crippen molar-refractivity contribution in [3.63, 3.8) is 0 Å². The van der Waals surface area contributed by atoms with E-state index in [-0.39, 0.29) is 16.9 Å². The number of hydrogen-bond acceptors (Lipinski definition) is 5. The Hall–Kier alpha value is -3.29. The van der Waals surface area contributed by atoms with Crippen molar-refractivity contribution in [1.29, 1.82) is 0 Å². The van der Waals surface area contributed by atoms with E-state index in [1.165, 1.54) is 30.3 Å². The molecule has 0 aliphatic carbocycles. The fourth-order valence-corrected chi connectivity index (χ4v) is 1.83. The van der Waals surface area contributed by atoms with Gasteiger partial charge >= 0.3 is 5.97 Å². The summed E-state index contributed by atoms with van der Waals surface area (Å²) in [6.45, 7) is 0.985. The summed E-state index contributed by atoms with van der Waals surface area (Å²) in [6, 6.07) is 9.12. The van der Waals surface area contributed by atoms with E-state index in [1.54, 1.807) is 6.92 Å². The molecular weight excluding hydrogens is 319 g/mol. The summed E-state index contributed by atoms with van der Waals surface area (Å²) < 4.78 is 18.2. The summed E-state index contributed by atoms with van der Waals surface area (Å²) >= 11 is 0. The zero-order chi connectivity index (χ0) is 17.7. The number of amides is 1. The molecule has 1 N–H and O–H groups in total. The summed E-state index contributed by atoms with van der Waals surface area (Å²) in [4.78, 5) is 33.5. The quantitative estimate of drug-likeness (QED) is 0.516. The van der Waals surface area contributed by atoms with E-state index < -0.39 is 29.2 Å². The van der Waals surface area contributed by atoms with Crippen LogP contribution in [0.25, 0.3) is 0 Å². The number of anilines is 1. The third kappa shape index (κ3) is 4.35. The lowest BCUT2D eigenvalue weighted by Gasteiger charge is -2.07. The Morgan fingerprint density at radius 2 is 2.00 bits per heavy atom. The number of esters is 1. The second kappa shape index (κ2) is 7.32. The van der Waals surface area contributed by atoms with Crippen molar-refractivity contribution in [2.45, 2.75) is 6.92 Å². The summed E-state index contributed by atoms with van der Waals surface area (Å²) in [7, 11) is 0. The van der Waals surface area contributed by atoms with Crippen molar-refractivity contribution in [1.82, 2.24) is 0 Å². The molecule has 0 atom stereocenters. The zero-order valence-electron chi connectivity index (χ0n) is 12.6. The van der Waals surface area contributed by atoms with Crippen LogP contribution in [0.4, 0.5) is 15.8 Å². The topological polar surface area (TPSA) is 98.5 Å². The number of hydrogen-bond donors (Lipinski definition) is 1. The monoisotopic (exact) mass is 332 g/mol. The number of non-ortho nitro benzene ring substituents is 1. The molecule has 8 heteroatoms. The number of nitrogens with zero attached hydrogens (tertiary/aromatic N) is 1. The van der Waals surface area contributed by atoms with Gasteiger partial charge in [0.05, 0.1) is 10.5 Å². The Morgan fingerprint density at radius 1 is 1.25 bits per heavy atom. The first-order chi connectivity index (χ1) is 11.4. The molecule has 0 aliphatic rings. The fraction of sp³-hybridized carbons (Fsp3) is 0.125. The van der Waals surface area contributed by atoms with E-state index in [9.17, 15) is 24.1 Å². The second-order valence-electron chi connectivity index (χ2n) is 4.90. The SMILES string of the molecule is Cc1ccc(NC(=O)COC(=O)c2cccc([N+](=O)[O-])c2)cc1F.